The van der Waals surface area contributed by atoms with Crippen LogP contribution in [0.5, 0.6) is 0 Å². The molecule has 0 aromatic heterocycles. The Morgan fingerprint density at radius 1 is 1.12 bits per heavy atom. The zero-order valence-electron chi connectivity index (χ0n) is 10.3. The average molecular weight is 247 g/mol. The molecule has 1 N–H and O–H groups in total. The quantitative estimate of drug-likeness (QED) is 0.758. The Labute approximate surface area is 98.6 Å². The van der Waals surface area contributed by atoms with Crippen LogP contribution in [0.1, 0.15) is 31.9 Å². The maximum atomic E-state index is 12.6. The Hall–Kier alpha value is -1.23. The van der Waals surface area contributed by atoms with Gasteiger partial charge in [0.15, 0.2) is 0 Å². The van der Waals surface area contributed by atoms with Gasteiger partial charge in [-0.15, -0.1) is 0 Å². The zero-order valence-corrected chi connectivity index (χ0v) is 10.3. The number of hydroxylamine groups is 1. The molecule has 0 radical (unpaired) electrons. The fraction of sp³-hybridized carbons (Fsp3) is 0.500. The number of anilines is 1. The van der Waals surface area contributed by atoms with Crippen molar-refractivity contribution >= 4 is 5.69 Å². The highest BCUT2D eigenvalue weighted by Crippen LogP contribution is 2.34. The molecular weight excluding hydrogens is 231 g/mol. The highest BCUT2D eigenvalue weighted by Gasteiger charge is 2.32. The molecule has 2 nitrogen and oxygen atoms in total. The number of aryl methyl sites for hydroxylation is 1. The Bertz CT molecular complexity index is 407. The first-order chi connectivity index (χ1) is 7.53. The van der Waals surface area contributed by atoms with Crippen LogP contribution in [0.4, 0.5) is 18.9 Å². The van der Waals surface area contributed by atoms with E-state index in [1.807, 2.05) is 0 Å². The molecule has 0 bridgehead atoms. The van der Waals surface area contributed by atoms with Crippen molar-refractivity contribution in [3.8, 4) is 0 Å². The van der Waals surface area contributed by atoms with Gasteiger partial charge in [0.05, 0.1) is 16.8 Å². The molecular formula is C12H16F3NO. The normalized spacial score (nSPS) is 12.7. The Kier molecular flexibility index (Phi) is 3.43. The minimum absolute atomic E-state index is 0.173. The van der Waals surface area contributed by atoms with Gasteiger partial charge < -0.3 is 0 Å². The molecule has 0 aliphatic heterocycles. The number of rotatable bonds is 1. The van der Waals surface area contributed by atoms with Crippen molar-refractivity contribution in [2.24, 2.45) is 0 Å². The van der Waals surface area contributed by atoms with Crippen LogP contribution in [0.15, 0.2) is 18.2 Å². The minimum Gasteiger partial charge on any atom is -0.288 e. The lowest BCUT2D eigenvalue weighted by Crippen LogP contribution is -2.39. The third-order valence-electron chi connectivity index (χ3n) is 2.40. The van der Waals surface area contributed by atoms with Crippen LogP contribution in [0.2, 0.25) is 0 Å². The molecule has 0 saturated carbocycles. The topological polar surface area (TPSA) is 23.5 Å². The third-order valence-corrected chi connectivity index (χ3v) is 2.40. The van der Waals surface area contributed by atoms with Gasteiger partial charge in [-0.25, -0.2) is 0 Å². The second kappa shape index (κ2) is 4.22. The third kappa shape index (κ3) is 3.12. The number of alkyl halides is 3. The van der Waals surface area contributed by atoms with Crippen LogP contribution in [0.25, 0.3) is 0 Å². The fourth-order valence-electron chi connectivity index (χ4n) is 1.38. The van der Waals surface area contributed by atoms with Crippen molar-refractivity contribution < 1.29 is 18.4 Å². The van der Waals surface area contributed by atoms with E-state index in [2.05, 4.69) is 0 Å². The lowest BCUT2D eigenvalue weighted by molar-refractivity contribution is -0.137. The summed E-state index contributed by atoms with van der Waals surface area (Å²) in [5.74, 6) is 0. The molecule has 0 spiro atoms. The van der Waals surface area contributed by atoms with Crippen LogP contribution in [0, 0.1) is 6.92 Å². The first kappa shape index (κ1) is 13.8. The summed E-state index contributed by atoms with van der Waals surface area (Å²) >= 11 is 0. The monoisotopic (exact) mass is 247 g/mol. The van der Waals surface area contributed by atoms with Crippen molar-refractivity contribution in [2.45, 2.75) is 39.4 Å². The summed E-state index contributed by atoms with van der Waals surface area (Å²) in [4.78, 5) is 0. The Balaban J connectivity index is 3.25. The van der Waals surface area contributed by atoms with Crippen LogP contribution in [-0.4, -0.2) is 10.7 Å². The van der Waals surface area contributed by atoms with Crippen LogP contribution in [-0.2, 0) is 6.18 Å². The van der Waals surface area contributed by atoms with Gasteiger partial charge in [0.1, 0.15) is 0 Å². The number of hydrogen-bond acceptors (Lipinski definition) is 2. The molecule has 0 fully saturated rings. The largest absolute Gasteiger partial charge is 0.416 e. The maximum Gasteiger partial charge on any atom is 0.416 e. The predicted octanol–water partition coefficient (Wildman–Crippen LogP) is 4.01. The van der Waals surface area contributed by atoms with Crippen molar-refractivity contribution in [3.05, 3.63) is 29.3 Å². The van der Waals surface area contributed by atoms with E-state index in [0.29, 0.717) is 5.56 Å². The first-order valence-electron chi connectivity index (χ1n) is 5.20. The number of halogens is 3. The van der Waals surface area contributed by atoms with Crippen LogP contribution >= 0.6 is 0 Å². The molecule has 0 aliphatic carbocycles. The number of nitrogens with zero attached hydrogens (tertiary/aromatic N) is 1. The second-order valence-corrected chi connectivity index (χ2v) is 4.98. The van der Waals surface area contributed by atoms with Crippen LogP contribution in [0.3, 0.4) is 0 Å². The molecule has 17 heavy (non-hydrogen) atoms. The molecule has 0 atom stereocenters. The SMILES string of the molecule is Cc1ccc(C(F)(F)F)cc1N(O)C(C)(C)C. The summed E-state index contributed by atoms with van der Waals surface area (Å²) in [6, 6.07) is 3.32. The lowest BCUT2D eigenvalue weighted by Gasteiger charge is -2.32. The van der Waals surface area contributed by atoms with E-state index in [1.165, 1.54) is 6.07 Å². The van der Waals surface area contributed by atoms with E-state index in [4.69, 9.17) is 0 Å². The van der Waals surface area contributed by atoms with Crippen molar-refractivity contribution in [1.82, 2.24) is 0 Å². The van der Waals surface area contributed by atoms with E-state index < -0.39 is 17.3 Å². The first-order valence-corrected chi connectivity index (χ1v) is 5.20. The van der Waals surface area contributed by atoms with Gasteiger partial charge in [0.2, 0.25) is 0 Å². The summed E-state index contributed by atoms with van der Waals surface area (Å²) in [6.07, 6.45) is -4.40. The average Bonchev–Trinajstić information content (AvgIpc) is 2.14. The van der Waals surface area contributed by atoms with Gasteiger partial charge in [0, 0.05) is 0 Å². The summed E-state index contributed by atoms with van der Waals surface area (Å²) < 4.78 is 37.7. The molecule has 0 heterocycles. The molecule has 0 unspecified atom stereocenters. The zero-order chi connectivity index (χ0) is 13.4. The van der Waals surface area contributed by atoms with Crippen LogP contribution < -0.4 is 5.06 Å². The smallest absolute Gasteiger partial charge is 0.288 e. The van der Waals surface area contributed by atoms with Gasteiger partial charge in [-0.1, -0.05) is 6.07 Å². The van der Waals surface area contributed by atoms with Gasteiger partial charge in [-0.2, -0.15) is 13.2 Å². The van der Waals surface area contributed by atoms with Gasteiger partial charge >= 0.3 is 6.18 Å². The van der Waals surface area contributed by atoms with Crippen molar-refractivity contribution in [2.75, 3.05) is 5.06 Å². The summed E-state index contributed by atoms with van der Waals surface area (Å²) in [6.45, 7) is 6.80. The highest BCUT2D eigenvalue weighted by molar-refractivity contribution is 5.54. The highest BCUT2D eigenvalue weighted by atomic mass is 19.4. The Morgan fingerprint density at radius 2 is 1.65 bits per heavy atom. The molecule has 0 aliphatic rings. The van der Waals surface area contributed by atoms with Crippen molar-refractivity contribution in [3.63, 3.8) is 0 Å². The van der Waals surface area contributed by atoms with E-state index in [1.54, 1.807) is 27.7 Å². The second-order valence-electron chi connectivity index (χ2n) is 4.98. The summed E-state index contributed by atoms with van der Waals surface area (Å²) in [7, 11) is 0. The van der Waals surface area contributed by atoms with Gasteiger partial charge in [-0.3, -0.25) is 10.3 Å². The predicted molar refractivity (Wildman–Crippen MR) is 60.2 cm³/mol. The minimum atomic E-state index is -4.40. The molecule has 1 aromatic carbocycles. The van der Waals surface area contributed by atoms with Gasteiger partial charge in [-0.05, 0) is 45.4 Å². The van der Waals surface area contributed by atoms with E-state index in [0.717, 1.165) is 17.2 Å². The van der Waals surface area contributed by atoms with Crippen molar-refractivity contribution in [1.29, 1.82) is 0 Å². The molecule has 1 rings (SSSR count). The molecule has 96 valence electrons. The summed E-state index contributed by atoms with van der Waals surface area (Å²) in [5, 5.41) is 10.8. The molecule has 5 heteroatoms. The van der Waals surface area contributed by atoms with Gasteiger partial charge in [0.25, 0.3) is 0 Å². The fourth-order valence-corrected chi connectivity index (χ4v) is 1.38. The van der Waals surface area contributed by atoms with E-state index >= 15 is 0 Å². The summed E-state index contributed by atoms with van der Waals surface area (Å²) in [5.41, 5.74) is -0.654. The molecule has 1 aromatic rings. The lowest BCUT2D eigenvalue weighted by atomic mass is 10.0. The standard InChI is InChI=1S/C12H16F3NO/c1-8-5-6-9(12(13,14)15)7-10(8)16(17)11(2,3)4/h5-7,17H,1-4H3. The maximum absolute atomic E-state index is 12.6. The Morgan fingerprint density at radius 3 is 2.06 bits per heavy atom. The molecule has 0 amide bonds. The number of benzene rings is 1. The van der Waals surface area contributed by atoms with E-state index in [9.17, 15) is 18.4 Å². The number of hydrogen-bond donors (Lipinski definition) is 1. The molecule has 0 saturated heterocycles. The van der Waals surface area contributed by atoms with E-state index in [-0.39, 0.29) is 5.69 Å².